The molecule has 0 saturated heterocycles. The third kappa shape index (κ3) is 47.4. The van der Waals surface area contributed by atoms with E-state index < -0.39 is 51.8 Å². The van der Waals surface area contributed by atoms with E-state index in [1.54, 1.807) is 0 Å². The van der Waals surface area contributed by atoms with Crippen LogP contribution in [-0.4, -0.2) is 65.7 Å². The van der Waals surface area contributed by atoms with E-state index in [1.165, 1.54) is 116 Å². The predicted molar refractivity (Wildman–Crippen MR) is 265 cm³/mol. The van der Waals surface area contributed by atoms with Crippen LogP contribution in [0.5, 0.6) is 0 Å². The fraction of sp³-hybridized carbons (Fsp3) is 0.736. The summed E-state index contributed by atoms with van der Waals surface area (Å²) in [4.78, 5) is 35.1. The standard InChI is InChI=1S/C53H93O10P/c1-3-5-7-9-11-13-15-17-19-21-23-24-25-27-28-30-32-34-36-38-40-42-44-52(56)60-48-51(49-62-64(58,59)61-47-50(55)46-54)63-53(57)45-43-41-39-37-35-33-31-29-26-22-20-18-16-14-12-10-8-6-4-2/h6,8,12,14,18,20,26,29,33,35,39,41,50-51,54-55H,3-5,7,9-11,13,15-17,19,21-25,27-28,30-32,34,36-38,40,42-49H2,1-2H3,(H,58,59)/b8-6-,14-12-,20-18-,29-26-,35-33-,41-39-. The number of esters is 2. The van der Waals surface area contributed by atoms with E-state index in [1.807, 2.05) is 12.2 Å². The van der Waals surface area contributed by atoms with Gasteiger partial charge in [0.15, 0.2) is 6.10 Å². The lowest BCUT2D eigenvalue weighted by Gasteiger charge is -2.20. The number of aliphatic hydroxyl groups is 2. The van der Waals surface area contributed by atoms with E-state index in [-0.39, 0.29) is 19.4 Å². The number of carbonyl (C=O) groups is 2. The van der Waals surface area contributed by atoms with Crippen molar-refractivity contribution in [3.63, 3.8) is 0 Å². The first-order valence-corrected chi connectivity index (χ1v) is 26.9. The van der Waals surface area contributed by atoms with Gasteiger partial charge in [0.25, 0.3) is 0 Å². The molecule has 0 aromatic rings. The second-order valence-electron chi connectivity index (χ2n) is 16.8. The molecular formula is C53H93O10P. The molecular weight excluding hydrogens is 828 g/mol. The van der Waals surface area contributed by atoms with Gasteiger partial charge >= 0.3 is 19.8 Å². The van der Waals surface area contributed by atoms with Gasteiger partial charge in [-0.25, -0.2) is 4.57 Å². The van der Waals surface area contributed by atoms with Crippen molar-refractivity contribution in [2.45, 2.75) is 225 Å². The zero-order valence-electron chi connectivity index (χ0n) is 40.5. The van der Waals surface area contributed by atoms with E-state index in [9.17, 15) is 24.2 Å². The first-order chi connectivity index (χ1) is 31.2. The van der Waals surface area contributed by atoms with Gasteiger partial charge in [-0.3, -0.25) is 18.6 Å². The third-order valence-corrected chi connectivity index (χ3v) is 11.6. The van der Waals surface area contributed by atoms with Gasteiger partial charge in [-0.15, -0.1) is 0 Å². The Balaban J connectivity index is 4.27. The minimum Gasteiger partial charge on any atom is -0.462 e. The molecule has 0 heterocycles. The number of phosphoric ester groups is 1. The van der Waals surface area contributed by atoms with Crippen molar-refractivity contribution >= 4 is 19.8 Å². The number of unbranched alkanes of at least 4 members (excludes halogenated alkanes) is 21. The van der Waals surface area contributed by atoms with Gasteiger partial charge in [-0.2, -0.15) is 0 Å². The predicted octanol–water partition coefficient (Wildman–Crippen LogP) is 14.4. The lowest BCUT2D eigenvalue weighted by Crippen LogP contribution is -2.29. The molecule has 0 aliphatic rings. The summed E-state index contributed by atoms with van der Waals surface area (Å²) >= 11 is 0. The van der Waals surface area contributed by atoms with Crippen LogP contribution in [0, 0.1) is 0 Å². The highest BCUT2D eigenvalue weighted by Gasteiger charge is 2.27. The Hall–Kier alpha value is -2.59. The summed E-state index contributed by atoms with van der Waals surface area (Å²) in [7, 11) is -4.65. The monoisotopic (exact) mass is 921 g/mol. The van der Waals surface area contributed by atoms with Crippen molar-refractivity contribution in [1.29, 1.82) is 0 Å². The number of aliphatic hydroxyl groups excluding tert-OH is 2. The molecule has 11 heteroatoms. The van der Waals surface area contributed by atoms with Gasteiger partial charge in [-0.1, -0.05) is 222 Å². The maximum atomic E-state index is 12.6. The number of hydrogen-bond acceptors (Lipinski definition) is 9. The van der Waals surface area contributed by atoms with Gasteiger partial charge in [0.1, 0.15) is 12.7 Å². The minimum atomic E-state index is -4.65. The van der Waals surface area contributed by atoms with Crippen LogP contribution in [0.1, 0.15) is 213 Å². The van der Waals surface area contributed by atoms with Gasteiger partial charge in [-0.05, 0) is 51.4 Å². The normalized spacial score (nSPS) is 14.3. The Labute approximate surface area is 390 Å². The largest absolute Gasteiger partial charge is 0.472 e. The fourth-order valence-electron chi connectivity index (χ4n) is 6.79. The van der Waals surface area contributed by atoms with E-state index in [4.69, 9.17) is 23.6 Å². The number of phosphoric acid groups is 1. The molecule has 0 fully saturated rings. The lowest BCUT2D eigenvalue weighted by molar-refractivity contribution is -0.161. The Bertz CT molecular complexity index is 1290. The molecule has 370 valence electrons. The summed E-state index contributed by atoms with van der Waals surface area (Å²) < 4.78 is 32.8. The maximum absolute atomic E-state index is 12.6. The van der Waals surface area contributed by atoms with Crippen molar-refractivity contribution < 1.29 is 47.8 Å². The number of hydrogen-bond donors (Lipinski definition) is 3. The van der Waals surface area contributed by atoms with Crippen LogP contribution >= 0.6 is 7.82 Å². The van der Waals surface area contributed by atoms with E-state index in [0.717, 1.165) is 57.8 Å². The third-order valence-electron chi connectivity index (χ3n) is 10.6. The van der Waals surface area contributed by atoms with Crippen molar-refractivity contribution in [2.24, 2.45) is 0 Å². The van der Waals surface area contributed by atoms with Crippen LogP contribution in [0.25, 0.3) is 0 Å². The average molecular weight is 921 g/mol. The molecule has 0 aliphatic carbocycles. The summed E-state index contributed by atoms with van der Waals surface area (Å²) in [5.41, 5.74) is 0. The van der Waals surface area contributed by atoms with Gasteiger partial charge < -0.3 is 24.6 Å². The van der Waals surface area contributed by atoms with Gasteiger partial charge in [0, 0.05) is 12.8 Å². The van der Waals surface area contributed by atoms with Gasteiger partial charge in [0.05, 0.1) is 19.8 Å². The molecule has 3 unspecified atom stereocenters. The molecule has 3 N–H and O–H groups in total. The van der Waals surface area contributed by atoms with Crippen LogP contribution in [0.2, 0.25) is 0 Å². The molecule has 0 rings (SSSR count). The number of rotatable bonds is 47. The van der Waals surface area contributed by atoms with Crippen molar-refractivity contribution in [3.05, 3.63) is 72.9 Å². The second-order valence-corrected chi connectivity index (χ2v) is 18.3. The number of allylic oxidation sites excluding steroid dienone is 12. The van der Waals surface area contributed by atoms with Crippen LogP contribution in [0.3, 0.4) is 0 Å². The van der Waals surface area contributed by atoms with E-state index in [0.29, 0.717) is 12.8 Å². The SMILES string of the molecule is CC/C=C\C/C=C\C/C=C\C/C=C\C/C=C\C/C=C\CCC(=O)OC(COC(=O)CCCCCCCCCCCCCCCCCCCCCCCC)COP(=O)(O)OCC(O)CO. The quantitative estimate of drug-likeness (QED) is 0.0233. The van der Waals surface area contributed by atoms with Crippen LogP contribution < -0.4 is 0 Å². The average Bonchev–Trinajstić information content (AvgIpc) is 3.28. The summed E-state index contributed by atoms with van der Waals surface area (Å²) in [5.74, 6) is -1.02. The van der Waals surface area contributed by atoms with Crippen molar-refractivity contribution in [2.75, 3.05) is 26.4 Å². The molecule has 0 saturated carbocycles. The van der Waals surface area contributed by atoms with Crippen LogP contribution in [0.15, 0.2) is 72.9 Å². The Morgan fingerprint density at radius 3 is 1.27 bits per heavy atom. The number of ether oxygens (including phenoxy) is 2. The zero-order chi connectivity index (χ0) is 46.9. The molecule has 0 aromatic heterocycles. The van der Waals surface area contributed by atoms with E-state index >= 15 is 0 Å². The minimum absolute atomic E-state index is 0.0576. The highest BCUT2D eigenvalue weighted by Crippen LogP contribution is 2.43. The topological polar surface area (TPSA) is 149 Å². The van der Waals surface area contributed by atoms with Crippen LogP contribution in [-0.2, 0) is 32.7 Å². The number of carbonyl (C=O) groups excluding carboxylic acids is 2. The molecule has 64 heavy (non-hydrogen) atoms. The van der Waals surface area contributed by atoms with Crippen LogP contribution in [0.4, 0.5) is 0 Å². The van der Waals surface area contributed by atoms with Crippen molar-refractivity contribution in [1.82, 2.24) is 0 Å². The molecule has 0 spiro atoms. The Morgan fingerprint density at radius 1 is 0.484 bits per heavy atom. The Morgan fingerprint density at radius 2 is 0.859 bits per heavy atom. The summed E-state index contributed by atoms with van der Waals surface area (Å²) in [6, 6.07) is 0. The highest BCUT2D eigenvalue weighted by atomic mass is 31.2. The summed E-state index contributed by atoms with van der Waals surface area (Å²) in [6.07, 6.45) is 57.5. The fourth-order valence-corrected chi connectivity index (χ4v) is 7.58. The maximum Gasteiger partial charge on any atom is 0.472 e. The zero-order valence-corrected chi connectivity index (χ0v) is 41.4. The molecule has 0 bridgehead atoms. The summed E-state index contributed by atoms with van der Waals surface area (Å²) in [5, 5.41) is 18.4. The molecule has 0 amide bonds. The first kappa shape index (κ1) is 61.4. The highest BCUT2D eigenvalue weighted by molar-refractivity contribution is 7.47. The molecule has 3 atom stereocenters. The first-order valence-electron chi connectivity index (χ1n) is 25.4. The van der Waals surface area contributed by atoms with Crippen molar-refractivity contribution in [3.8, 4) is 0 Å². The molecule has 0 radical (unpaired) electrons. The lowest BCUT2D eigenvalue weighted by atomic mass is 10.0. The van der Waals surface area contributed by atoms with E-state index in [2.05, 4.69) is 74.6 Å². The smallest absolute Gasteiger partial charge is 0.462 e. The summed E-state index contributed by atoms with van der Waals surface area (Å²) in [6.45, 7) is 2.21. The molecule has 0 aliphatic heterocycles. The van der Waals surface area contributed by atoms with Gasteiger partial charge in [0.2, 0.25) is 0 Å². The second kappa shape index (κ2) is 48.3. The molecule has 0 aromatic carbocycles. The molecule has 10 nitrogen and oxygen atoms in total. The Kier molecular flexibility index (Phi) is 46.4.